The number of nitrogens with one attached hydrogen (secondary N) is 1. The van der Waals surface area contributed by atoms with Crippen molar-refractivity contribution in [3.8, 4) is 0 Å². The summed E-state index contributed by atoms with van der Waals surface area (Å²) in [6, 6.07) is 8.95. The van der Waals surface area contributed by atoms with Crippen molar-refractivity contribution in [3.05, 3.63) is 53.6 Å². The van der Waals surface area contributed by atoms with Crippen molar-refractivity contribution in [2.24, 2.45) is 56.7 Å². The molecule has 5 nitrogen and oxygen atoms in total. The molecule has 0 spiro atoms. The van der Waals surface area contributed by atoms with E-state index in [1.807, 2.05) is 0 Å². The van der Waals surface area contributed by atoms with E-state index in [1.165, 1.54) is 48.8 Å². The topological polar surface area (TPSA) is 50.8 Å². The predicted octanol–water partition coefficient (Wildman–Crippen LogP) is 9.09. The minimum Gasteiger partial charge on any atom is -0.354 e. The number of hydrogen-bond acceptors (Lipinski definition) is 4. The number of fused-ring (bicyclic) bond motifs is 7. The largest absolute Gasteiger partial charge is 0.354 e. The fraction of sp³-hybridized carbons (Fsp3) is 0.738. The summed E-state index contributed by atoms with van der Waals surface area (Å²) in [6.45, 7) is 22.0. The van der Waals surface area contributed by atoms with Gasteiger partial charge in [0.25, 0.3) is 0 Å². The van der Waals surface area contributed by atoms with Crippen LogP contribution in [0.5, 0.6) is 0 Å². The number of carbonyl (C=O) groups excluding carboxylic acids is 1. The van der Waals surface area contributed by atoms with Crippen LogP contribution in [-0.4, -0.2) is 45.1 Å². The summed E-state index contributed by atoms with van der Waals surface area (Å²) in [6.07, 6.45) is 13.2. The highest BCUT2D eigenvalue weighted by Crippen LogP contribution is 2.77. The van der Waals surface area contributed by atoms with E-state index < -0.39 is 0 Å². The smallest absolute Gasteiger partial charge is 0.226 e. The van der Waals surface area contributed by atoms with Gasteiger partial charge in [-0.05, 0) is 147 Å². The molecule has 0 radical (unpaired) electrons. The number of amides is 1. The zero-order chi connectivity index (χ0) is 34.0. The van der Waals surface area contributed by atoms with E-state index in [-0.39, 0.29) is 27.1 Å². The van der Waals surface area contributed by atoms with E-state index in [0.717, 1.165) is 44.3 Å². The van der Waals surface area contributed by atoms with Crippen molar-refractivity contribution >= 4 is 11.5 Å². The minimum absolute atomic E-state index is 0.0967. The number of carbonyl (C=O) groups is 1. The summed E-state index contributed by atoms with van der Waals surface area (Å²) in [5.41, 5.74) is 5.92. The van der Waals surface area contributed by atoms with E-state index in [1.54, 1.807) is 7.11 Å². The molecule has 5 aliphatic carbocycles. The molecule has 0 heterocycles. The normalized spacial score (nSPS) is 40.5. The van der Waals surface area contributed by atoms with Crippen molar-refractivity contribution in [3.63, 3.8) is 0 Å². The molecule has 9 atom stereocenters. The molecule has 6 rings (SSSR count). The maximum absolute atomic E-state index is 14.2. The molecule has 4 saturated carbocycles. The minimum atomic E-state index is -0.236. The summed E-state index contributed by atoms with van der Waals surface area (Å²) < 4.78 is 0. The van der Waals surface area contributed by atoms with Crippen molar-refractivity contribution in [2.45, 2.75) is 106 Å². The van der Waals surface area contributed by atoms with Gasteiger partial charge in [-0.2, -0.15) is 0 Å². The lowest BCUT2D eigenvalue weighted by Gasteiger charge is -2.72. The van der Waals surface area contributed by atoms with E-state index >= 15 is 0 Å². The Labute approximate surface area is 286 Å². The second kappa shape index (κ2) is 12.4. The average Bonchev–Trinajstić information content (AvgIpc) is 3.42. The summed E-state index contributed by atoms with van der Waals surface area (Å²) in [5.74, 6) is 3.11. The summed E-state index contributed by atoms with van der Waals surface area (Å²) in [5, 5.41) is 3.43. The Balaban J connectivity index is 1.30. The zero-order valence-corrected chi connectivity index (χ0v) is 31.1. The Kier molecular flexibility index (Phi) is 9.23. The highest BCUT2D eigenvalue weighted by molar-refractivity contribution is 5.84. The number of allylic oxidation sites excluding steroid dienone is 3. The number of benzene rings is 1. The number of rotatable bonds is 9. The fourth-order valence-electron chi connectivity index (χ4n) is 13.1. The Morgan fingerprint density at radius 3 is 2.32 bits per heavy atom. The lowest BCUT2D eigenvalue weighted by atomic mass is 9.32. The molecule has 0 aromatic heterocycles. The van der Waals surface area contributed by atoms with Gasteiger partial charge in [-0.3, -0.25) is 4.79 Å². The molecule has 1 aromatic carbocycles. The summed E-state index contributed by atoms with van der Waals surface area (Å²) in [7, 11) is 5.73. The van der Waals surface area contributed by atoms with Gasteiger partial charge in [0, 0.05) is 13.1 Å². The Morgan fingerprint density at radius 1 is 0.936 bits per heavy atom. The molecule has 0 bridgehead atoms. The van der Waals surface area contributed by atoms with Crippen molar-refractivity contribution in [1.29, 1.82) is 0 Å². The van der Waals surface area contributed by atoms with Crippen molar-refractivity contribution in [2.75, 3.05) is 34.3 Å². The fourth-order valence-corrected chi connectivity index (χ4v) is 13.1. The lowest BCUT2D eigenvalue weighted by Crippen LogP contribution is -2.66. The Bertz CT molecular complexity index is 1380. The van der Waals surface area contributed by atoms with Gasteiger partial charge in [-0.1, -0.05) is 77.1 Å². The van der Waals surface area contributed by atoms with Crippen LogP contribution in [0.3, 0.4) is 0 Å². The van der Waals surface area contributed by atoms with Crippen LogP contribution in [0.2, 0.25) is 0 Å². The highest BCUT2D eigenvalue weighted by atomic mass is 17.2. The first-order chi connectivity index (χ1) is 22.2. The second-order valence-electron chi connectivity index (χ2n) is 18.1. The van der Waals surface area contributed by atoms with Gasteiger partial charge in [-0.25, -0.2) is 9.78 Å². The maximum Gasteiger partial charge on any atom is 0.226 e. The Morgan fingerprint density at radius 2 is 1.66 bits per heavy atom. The van der Waals surface area contributed by atoms with E-state index in [2.05, 4.69) is 103 Å². The molecule has 5 heteroatoms. The zero-order valence-electron chi connectivity index (χ0n) is 31.1. The van der Waals surface area contributed by atoms with Crippen molar-refractivity contribution < 1.29 is 14.6 Å². The third-order valence-electron chi connectivity index (χ3n) is 15.5. The third kappa shape index (κ3) is 5.32. The van der Waals surface area contributed by atoms with Crippen LogP contribution in [0, 0.1) is 56.7 Å². The lowest BCUT2D eigenvalue weighted by molar-refractivity contribution is -0.282. The van der Waals surface area contributed by atoms with Gasteiger partial charge in [0.2, 0.25) is 5.91 Å². The molecule has 1 amide bonds. The predicted molar refractivity (Wildman–Crippen MR) is 192 cm³/mol. The standard InChI is InChI=1S/C42H64N2O3/c1-28(2)31-17-22-42(37(45)43-25-26-44(8)9)24-23-40(6)33(36(31)42)15-16-35-39(5)20-18-32(30-13-11-29(12-14-30)27-47-46-10)38(3,4)34(39)19-21-41(35,40)7/h11-14,18,31,33-36H,1,15-17,19-27H2,2-10H3,(H,43,45)/t31-,33+,34-,35+,36+,39-,40+,41+,42-/m0/s1. The second-order valence-corrected chi connectivity index (χ2v) is 18.1. The average molecular weight is 645 g/mol. The van der Waals surface area contributed by atoms with Crippen LogP contribution in [-0.2, 0) is 21.2 Å². The van der Waals surface area contributed by atoms with Crippen LogP contribution in [0.4, 0.5) is 0 Å². The summed E-state index contributed by atoms with van der Waals surface area (Å²) in [4.78, 5) is 26.4. The molecule has 1 N–H and O–H groups in total. The molecular weight excluding hydrogens is 580 g/mol. The molecular formula is C42H64N2O3. The van der Waals surface area contributed by atoms with E-state index in [0.29, 0.717) is 42.1 Å². The molecule has 5 aliphatic rings. The molecule has 1 aromatic rings. The van der Waals surface area contributed by atoms with Crippen LogP contribution in [0.15, 0.2) is 42.5 Å². The highest BCUT2D eigenvalue weighted by Gasteiger charge is 2.71. The molecule has 0 aliphatic heterocycles. The van der Waals surface area contributed by atoms with Crippen LogP contribution in [0.25, 0.3) is 5.57 Å². The monoisotopic (exact) mass is 644 g/mol. The van der Waals surface area contributed by atoms with Gasteiger partial charge in [0.05, 0.1) is 12.5 Å². The Hall–Kier alpha value is -1.95. The number of likely N-dealkylation sites (N-methyl/N-ethyl adjacent to an activating group) is 1. The first kappa shape index (κ1) is 34.9. The van der Waals surface area contributed by atoms with Gasteiger partial charge < -0.3 is 10.2 Å². The van der Waals surface area contributed by atoms with Crippen LogP contribution in [0.1, 0.15) is 110 Å². The number of hydrogen-bond donors (Lipinski definition) is 1. The van der Waals surface area contributed by atoms with Gasteiger partial charge in [0.1, 0.15) is 6.61 Å². The quantitative estimate of drug-likeness (QED) is 0.166. The first-order valence-corrected chi connectivity index (χ1v) is 18.7. The van der Waals surface area contributed by atoms with Crippen molar-refractivity contribution in [1.82, 2.24) is 10.2 Å². The van der Waals surface area contributed by atoms with Gasteiger partial charge in [-0.15, -0.1) is 0 Å². The SMILES string of the molecule is C=C(C)[C@@H]1CC[C@]2(C(=O)NCCN(C)C)CC[C@]3(C)[C@H](CC[C@@H]4[C@@]5(C)CC=C(c6ccc(COOC)cc6)C(C)(C)[C@@H]5CC[C@]43C)[C@@H]12. The van der Waals surface area contributed by atoms with E-state index in [4.69, 9.17) is 9.78 Å². The molecule has 47 heavy (non-hydrogen) atoms. The maximum atomic E-state index is 14.2. The molecule has 4 fully saturated rings. The number of nitrogens with zero attached hydrogens (tertiary/aromatic N) is 1. The summed E-state index contributed by atoms with van der Waals surface area (Å²) >= 11 is 0. The molecule has 0 unspecified atom stereocenters. The molecule has 0 saturated heterocycles. The van der Waals surface area contributed by atoms with Crippen LogP contribution < -0.4 is 5.32 Å². The first-order valence-electron chi connectivity index (χ1n) is 18.7. The van der Waals surface area contributed by atoms with Crippen LogP contribution >= 0.6 is 0 Å². The van der Waals surface area contributed by atoms with Gasteiger partial charge in [0.15, 0.2) is 0 Å². The van der Waals surface area contributed by atoms with E-state index in [9.17, 15) is 4.79 Å². The molecule has 260 valence electrons. The third-order valence-corrected chi connectivity index (χ3v) is 15.5. The van der Waals surface area contributed by atoms with Gasteiger partial charge >= 0.3 is 0 Å².